The first-order chi connectivity index (χ1) is 8.88. The number of anilines is 1. The van der Waals surface area contributed by atoms with Gasteiger partial charge in [0.05, 0.1) is 5.69 Å². The van der Waals surface area contributed by atoms with Gasteiger partial charge in [-0.15, -0.1) is 0 Å². The van der Waals surface area contributed by atoms with Crippen LogP contribution in [0.25, 0.3) is 0 Å². The van der Waals surface area contributed by atoms with Crippen molar-refractivity contribution in [3.8, 4) is 0 Å². The maximum absolute atomic E-state index is 5.38. The molecule has 1 N–H and O–H groups in total. The molecule has 3 nitrogen and oxygen atoms in total. The first kappa shape index (κ1) is 11.3. The monoisotopic (exact) mass is 242 g/mol. The molecule has 0 radical (unpaired) electrons. The molecule has 0 saturated heterocycles. The molecule has 1 unspecified atom stereocenters. The van der Waals surface area contributed by atoms with Crippen molar-refractivity contribution in [2.24, 2.45) is 0 Å². The fourth-order valence-corrected chi connectivity index (χ4v) is 2.72. The van der Waals surface area contributed by atoms with Crippen molar-refractivity contribution < 1.29 is 4.52 Å². The van der Waals surface area contributed by atoms with Gasteiger partial charge in [0.2, 0.25) is 5.88 Å². The standard InChI is InChI=1S/C15H18N2O/c1-2-16-15-13-9-8-12(10-14(13)17-18-15)11-6-4-3-5-7-11/h3-7,12,16H,2,8-10H2,1H3. The highest BCUT2D eigenvalue weighted by Gasteiger charge is 2.25. The van der Waals surface area contributed by atoms with E-state index in [2.05, 4.69) is 47.7 Å². The van der Waals surface area contributed by atoms with Crippen molar-refractivity contribution in [3.63, 3.8) is 0 Å². The summed E-state index contributed by atoms with van der Waals surface area (Å²) in [5.41, 5.74) is 3.83. The van der Waals surface area contributed by atoms with Crippen LogP contribution >= 0.6 is 0 Å². The third-order valence-corrected chi connectivity index (χ3v) is 3.66. The van der Waals surface area contributed by atoms with Crippen LogP contribution in [0.3, 0.4) is 0 Å². The quantitative estimate of drug-likeness (QED) is 0.896. The van der Waals surface area contributed by atoms with Crippen molar-refractivity contribution in [3.05, 3.63) is 47.2 Å². The smallest absolute Gasteiger partial charge is 0.228 e. The fourth-order valence-electron chi connectivity index (χ4n) is 2.72. The highest BCUT2D eigenvalue weighted by atomic mass is 16.5. The van der Waals surface area contributed by atoms with Gasteiger partial charge in [0, 0.05) is 18.5 Å². The summed E-state index contributed by atoms with van der Waals surface area (Å²) in [6.07, 6.45) is 3.23. The van der Waals surface area contributed by atoms with E-state index in [1.54, 1.807) is 0 Å². The second-order valence-corrected chi connectivity index (χ2v) is 4.82. The molecule has 0 fully saturated rings. The van der Waals surface area contributed by atoms with E-state index in [1.807, 2.05) is 0 Å². The van der Waals surface area contributed by atoms with E-state index in [0.717, 1.165) is 31.0 Å². The minimum atomic E-state index is 0.582. The normalized spacial score (nSPS) is 18.4. The summed E-state index contributed by atoms with van der Waals surface area (Å²) in [5.74, 6) is 1.46. The van der Waals surface area contributed by atoms with Gasteiger partial charge in [0.1, 0.15) is 0 Å². The molecule has 0 saturated carbocycles. The van der Waals surface area contributed by atoms with Crippen LogP contribution in [0.4, 0.5) is 5.88 Å². The molecule has 1 aliphatic carbocycles. The number of fused-ring (bicyclic) bond motifs is 1. The van der Waals surface area contributed by atoms with Crippen LogP contribution in [0.1, 0.15) is 36.1 Å². The molecular weight excluding hydrogens is 224 g/mol. The minimum Gasteiger partial charge on any atom is -0.354 e. The van der Waals surface area contributed by atoms with Crippen LogP contribution < -0.4 is 5.32 Å². The molecule has 0 amide bonds. The second kappa shape index (κ2) is 4.84. The zero-order valence-corrected chi connectivity index (χ0v) is 10.6. The fraction of sp³-hybridized carbons (Fsp3) is 0.400. The maximum Gasteiger partial charge on any atom is 0.228 e. The molecular formula is C15H18N2O. The van der Waals surface area contributed by atoms with E-state index in [4.69, 9.17) is 4.52 Å². The Morgan fingerprint density at radius 1 is 1.33 bits per heavy atom. The summed E-state index contributed by atoms with van der Waals surface area (Å²) in [5, 5.41) is 7.45. The van der Waals surface area contributed by atoms with Crippen molar-refractivity contribution >= 4 is 5.88 Å². The highest BCUT2D eigenvalue weighted by molar-refractivity contribution is 5.45. The number of nitrogens with zero attached hydrogens (tertiary/aromatic N) is 1. The Balaban J connectivity index is 1.82. The molecule has 1 aromatic heterocycles. The Morgan fingerprint density at radius 3 is 2.94 bits per heavy atom. The van der Waals surface area contributed by atoms with Gasteiger partial charge in [0.25, 0.3) is 0 Å². The van der Waals surface area contributed by atoms with E-state index in [1.165, 1.54) is 17.5 Å². The molecule has 0 spiro atoms. The van der Waals surface area contributed by atoms with Gasteiger partial charge >= 0.3 is 0 Å². The number of benzene rings is 1. The first-order valence-electron chi connectivity index (χ1n) is 6.64. The van der Waals surface area contributed by atoms with Gasteiger partial charge in [-0.1, -0.05) is 35.5 Å². The SMILES string of the molecule is CCNc1onc2c1CCC(c1ccccc1)C2. The second-order valence-electron chi connectivity index (χ2n) is 4.82. The predicted octanol–water partition coefficient (Wildman–Crippen LogP) is 3.38. The third kappa shape index (κ3) is 2.01. The maximum atomic E-state index is 5.38. The molecule has 1 aliphatic rings. The Labute approximate surface area is 107 Å². The lowest BCUT2D eigenvalue weighted by Crippen LogP contribution is -2.13. The molecule has 3 heteroatoms. The van der Waals surface area contributed by atoms with Crippen molar-refractivity contribution in [1.29, 1.82) is 0 Å². The number of hydrogen-bond donors (Lipinski definition) is 1. The molecule has 0 aliphatic heterocycles. The number of aromatic nitrogens is 1. The molecule has 0 bridgehead atoms. The Hall–Kier alpha value is -1.77. The van der Waals surface area contributed by atoms with Crippen molar-refractivity contribution in [2.45, 2.75) is 32.1 Å². The zero-order chi connectivity index (χ0) is 12.4. The van der Waals surface area contributed by atoms with Crippen LogP contribution in [0.2, 0.25) is 0 Å². The summed E-state index contributed by atoms with van der Waals surface area (Å²) >= 11 is 0. The lowest BCUT2D eigenvalue weighted by Gasteiger charge is -2.21. The molecule has 3 rings (SSSR count). The summed E-state index contributed by atoms with van der Waals surface area (Å²) in [7, 11) is 0. The summed E-state index contributed by atoms with van der Waals surface area (Å²) in [6, 6.07) is 10.7. The van der Waals surface area contributed by atoms with Crippen LogP contribution in [-0.4, -0.2) is 11.7 Å². The van der Waals surface area contributed by atoms with Gasteiger partial charge in [0.15, 0.2) is 0 Å². The largest absolute Gasteiger partial charge is 0.354 e. The van der Waals surface area contributed by atoms with E-state index < -0.39 is 0 Å². The van der Waals surface area contributed by atoms with Crippen LogP contribution in [0, 0.1) is 0 Å². The zero-order valence-electron chi connectivity index (χ0n) is 10.6. The van der Waals surface area contributed by atoms with Crippen molar-refractivity contribution in [2.75, 3.05) is 11.9 Å². The summed E-state index contributed by atoms with van der Waals surface area (Å²) < 4.78 is 5.38. The number of hydrogen-bond acceptors (Lipinski definition) is 3. The topological polar surface area (TPSA) is 38.1 Å². The summed E-state index contributed by atoms with van der Waals surface area (Å²) in [6.45, 7) is 2.95. The van der Waals surface area contributed by atoms with Gasteiger partial charge in [-0.2, -0.15) is 0 Å². The van der Waals surface area contributed by atoms with Crippen LogP contribution in [0.5, 0.6) is 0 Å². The Morgan fingerprint density at radius 2 is 2.17 bits per heavy atom. The highest BCUT2D eigenvalue weighted by Crippen LogP contribution is 2.35. The van der Waals surface area contributed by atoms with Gasteiger partial charge in [-0.05, 0) is 31.2 Å². The molecule has 18 heavy (non-hydrogen) atoms. The predicted molar refractivity (Wildman–Crippen MR) is 71.9 cm³/mol. The average Bonchev–Trinajstić information content (AvgIpc) is 2.83. The molecule has 2 aromatic rings. The number of nitrogens with one attached hydrogen (secondary N) is 1. The lowest BCUT2D eigenvalue weighted by atomic mass is 9.83. The van der Waals surface area contributed by atoms with Crippen LogP contribution in [-0.2, 0) is 12.8 Å². The van der Waals surface area contributed by atoms with Crippen LogP contribution in [0.15, 0.2) is 34.9 Å². The minimum absolute atomic E-state index is 0.582. The molecule has 1 heterocycles. The Bertz CT molecular complexity index is 519. The lowest BCUT2D eigenvalue weighted by molar-refractivity contribution is 0.421. The van der Waals surface area contributed by atoms with Gasteiger partial charge < -0.3 is 9.84 Å². The van der Waals surface area contributed by atoms with Gasteiger partial charge in [-0.25, -0.2) is 0 Å². The third-order valence-electron chi connectivity index (χ3n) is 3.66. The Kier molecular flexibility index (Phi) is 3.05. The number of rotatable bonds is 3. The molecule has 1 aromatic carbocycles. The first-order valence-corrected chi connectivity index (χ1v) is 6.64. The van der Waals surface area contributed by atoms with E-state index in [-0.39, 0.29) is 0 Å². The van der Waals surface area contributed by atoms with E-state index in [0.29, 0.717) is 5.92 Å². The van der Waals surface area contributed by atoms with E-state index in [9.17, 15) is 0 Å². The molecule has 94 valence electrons. The average molecular weight is 242 g/mol. The van der Waals surface area contributed by atoms with Gasteiger partial charge in [-0.3, -0.25) is 0 Å². The van der Waals surface area contributed by atoms with E-state index >= 15 is 0 Å². The summed E-state index contributed by atoms with van der Waals surface area (Å²) in [4.78, 5) is 0. The van der Waals surface area contributed by atoms with Crippen molar-refractivity contribution in [1.82, 2.24) is 5.16 Å². The molecule has 1 atom stereocenters.